The van der Waals surface area contributed by atoms with Crippen LogP contribution in [0.3, 0.4) is 0 Å². The molecule has 24 heavy (non-hydrogen) atoms. The van der Waals surface area contributed by atoms with Gasteiger partial charge in [-0.05, 0) is 0 Å². The van der Waals surface area contributed by atoms with Crippen molar-refractivity contribution >= 4 is 7.82 Å². The molecule has 134 valence electrons. The van der Waals surface area contributed by atoms with Gasteiger partial charge in [0.25, 0.3) is 5.56 Å². The molecule has 11 nitrogen and oxygen atoms in total. The van der Waals surface area contributed by atoms with E-state index in [0.29, 0.717) is 6.20 Å². The van der Waals surface area contributed by atoms with Crippen molar-refractivity contribution in [1.82, 2.24) is 9.55 Å². The summed E-state index contributed by atoms with van der Waals surface area (Å²) >= 11 is 0. The zero-order valence-electron chi connectivity index (χ0n) is 12.0. The number of H-pyrrole nitrogens is 1. The Kier molecular flexibility index (Phi) is 4.24. The van der Waals surface area contributed by atoms with Crippen molar-refractivity contribution in [2.24, 2.45) is 0 Å². The first-order valence-corrected chi connectivity index (χ1v) is 8.33. The van der Waals surface area contributed by atoms with Gasteiger partial charge in [-0.2, -0.15) is 4.39 Å². The fraction of sp³-hybridized carbons (Fsp3) is 0.636. The largest absolute Gasteiger partial charge is 0.470 e. The highest BCUT2D eigenvalue weighted by Crippen LogP contribution is 2.49. The molecule has 0 aromatic carbocycles. The van der Waals surface area contributed by atoms with Crippen molar-refractivity contribution in [2.45, 2.75) is 30.5 Å². The van der Waals surface area contributed by atoms with Crippen LogP contribution in [0, 0.1) is 5.82 Å². The van der Waals surface area contributed by atoms with Crippen LogP contribution in [-0.2, 0) is 18.6 Å². The molecular formula is C11H14FN2O9P. The van der Waals surface area contributed by atoms with Crippen molar-refractivity contribution in [3.05, 3.63) is 32.9 Å². The molecule has 3 rings (SSSR count). The highest BCUT2D eigenvalue weighted by atomic mass is 31.2. The number of rotatable bonds is 4. The Bertz CT molecular complexity index is 797. The molecular weight excluding hydrogens is 354 g/mol. The van der Waals surface area contributed by atoms with Crippen LogP contribution in [0.25, 0.3) is 0 Å². The normalized spacial score (nSPS) is 29.4. The number of aliphatic hydroxyl groups excluding tert-OH is 1. The molecule has 4 N–H and O–H groups in total. The molecule has 1 aromatic heterocycles. The SMILES string of the molecule is O=c1[nH]c(=O)n([C@H]2CC(O)[C@@H](C3(OP(=O)(O)O)COC3)O2)cc1F. The lowest BCUT2D eigenvalue weighted by atomic mass is 9.91. The smallest absolute Gasteiger partial charge is 0.390 e. The Morgan fingerprint density at radius 1 is 1.42 bits per heavy atom. The summed E-state index contributed by atoms with van der Waals surface area (Å²) < 4.78 is 40.3. The monoisotopic (exact) mass is 368 g/mol. The maximum Gasteiger partial charge on any atom is 0.470 e. The Balaban J connectivity index is 1.87. The van der Waals surface area contributed by atoms with Gasteiger partial charge in [0.1, 0.15) is 12.3 Å². The lowest BCUT2D eigenvalue weighted by molar-refractivity contribution is -0.240. The minimum absolute atomic E-state index is 0.178. The number of hydrogen-bond acceptors (Lipinski definition) is 7. The number of phosphoric ester groups is 1. The molecule has 3 heterocycles. The summed E-state index contributed by atoms with van der Waals surface area (Å²) in [6, 6.07) is 0. The predicted molar refractivity (Wildman–Crippen MR) is 72.5 cm³/mol. The summed E-state index contributed by atoms with van der Waals surface area (Å²) in [6.07, 6.45) is -3.17. The molecule has 3 atom stereocenters. The highest BCUT2D eigenvalue weighted by molar-refractivity contribution is 7.46. The van der Waals surface area contributed by atoms with Gasteiger partial charge in [-0.1, -0.05) is 0 Å². The van der Waals surface area contributed by atoms with Gasteiger partial charge >= 0.3 is 13.5 Å². The zero-order valence-corrected chi connectivity index (χ0v) is 12.9. The van der Waals surface area contributed by atoms with Crippen LogP contribution in [-0.4, -0.2) is 55.5 Å². The van der Waals surface area contributed by atoms with Gasteiger partial charge in [0.05, 0.1) is 25.5 Å². The number of aromatic amines is 1. The molecule has 2 saturated heterocycles. The predicted octanol–water partition coefficient (Wildman–Crippen LogP) is -1.80. The first kappa shape index (κ1) is 17.4. The molecule has 1 unspecified atom stereocenters. The van der Waals surface area contributed by atoms with Crippen LogP contribution in [0.5, 0.6) is 0 Å². The van der Waals surface area contributed by atoms with Gasteiger partial charge in [0.2, 0.25) is 5.82 Å². The lowest BCUT2D eigenvalue weighted by Gasteiger charge is -2.45. The van der Waals surface area contributed by atoms with Crippen LogP contribution >= 0.6 is 7.82 Å². The lowest BCUT2D eigenvalue weighted by Crippen LogP contribution is -2.62. The van der Waals surface area contributed by atoms with Crippen LogP contribution in [0.4, 0.5) is 4.39 Å². The van der Waals surface area contributed by atoms with E-state index in [1.54, 1.807) is 4.98 Å². The van der Waals surface area contributed by atoms with Crippen LogP contribution in [0.2, 0.25) is 0 Å². The number of aliphatic hydroxyl groups is 1. The molecule has 0 radical (unpaired) electrons. The fourth-order valence-corrected chi connectivity index (χ4v) is 3.47. The Hall–Kier alpha value is -1.40. The van der Waals surface area contributed by atoms with E-state index in [1.807, 2.05) is 0 Å². The molecule has 1 aromatic rings. The van der Waals surface area contributed by atoms with E-state index >= 15 is 0 Å². The first-order valence-electron chi connectivity index (χ1n) is 6.80. The summed E-state index contributed by atoms with van der Waals surface area (Å²) in [7, 11) is -4.89. The van der Waals surface area contributed by atoms with E-state index < -0.39 is 48.9 Å². The van der Waals surface area contributed by atoms with E-state index in [0.717, 1.165) is 4.57 Å². The van der Waals surface area contributed by atoms with Crippen LogP contribution in [0.15, 0.2) is 15.8 Å². The molecule has 2 aliphatic heterocycles. The minimum Gasteiger partial charge on any atom is -0.390 e. The van der Waals surface area contributed by atoms with Crippen molar-refractivity contribution in [3.63, 3.8) is 0 Å². The number of aromatic nitrogens is 2. The second-order valence-corrected chi connectivity index (χ2v) is 6.76. The second-order valence-electron chi connectivity index (χ2n) is 5.60. The fourth-order valence-electron chi connectivity index (χ4n) is 2.78. The number of nitrogens with zero attached hydrogens (tertiary/aromatic N) is 1. The summed E-state index contributed by atoms with van der Waals surface area (Å²) in [4.78, 5) is 42.6. The van der Waals surface area contributed by atoms with Gasteiger partial charge in [-0.15, -0.1) is 0 Å². The van der Waals surface area contributed by atoms with Crippen molar-refractivity contribution in [1.29, 1.82) is 0 Å². The minimum atomic E-state index is -4.89. The van der Waals surface area contributed by atoms with Crippen LogP contribution in [0.1, 0.15) is 12.6 Å². The number of halogens is 1. The van der Waals surface area contributed by atoms with Crippen molar-refractivity contribution in [2.75, 3.05) is 13.2 Å². The number of nitrogens with one attached hydrogen (secondary N) is 1. The van der Waals surface area contributed by atoms with Gasteiger partial charge < -0.3 is 24.4 Å². The third-order valence-electron chi connectivity index (χ3n) is 3.84. The summed E-state index contributed by atoms with van der Waals surface area (Å²) in [6.45, 7) is -0.469. The molecule has 0 amide bonds. The highest BCUT2D eigenvalue weighted by Gasteiger charge is 2.57. The Labute approximate surface area is 132 Å². The summed E-state index contributed by atoms with van der Waals surface area (Å²) in [5, 5.41) is 10.1. The molecule has 0 aliphatic carbocycles. The van der Waals surface area contributed by atoms with E-state index in [-0.39, 0.29) is 19.6 Å². The zero-order chi connectivity index (χ0) is 17.7. The standard InChI is InChI=1S/C11H14FN2O9P/c12-5-2-14(10(17)13-9(5)16)7-1-6(15)8(22-7)11(3-21-4-11)23-24(18,19)20/h2,6-8,15H,1,3-4H2,(H,13,16,17)(H2,18,19,20)/t6?,7-,8+/m1/s1. The first-order chi connectivity index (χ1) is 11.1. The van der Waals surface area contributed by atoms with Gasteiger partial charge in [-0.25, -0.2) is 9.36 Å². The molecule has 2 aliphatic rings. The van der Waals surface area contributed by atoms with Gasteiger partial charge in [0.15, 0.2) is 5.60 Å². The topological polar surface area (TPSA) is 160 Å². The number of phosphoric acid groups is 1. The quantitative estimate of drug-likeness (QED) is 0.450. The Morgan fingerprint density at radius 3 is 2.62 bits per heavy atom. The maximum absolute atomic E-state index is 13.4. The third-order valence-corrected chi connectivity index (χ3v) is 4.44. The average Bonchev–Trinajstić information content (AvgIpc) is 2.79. The maximum atomic E-state index is 13.4. The molecule has 13 heteroatoms. The Morgan fingerprint density at radius 2 is 2.08 bits per heavy atom. The van der Waals surface area contributed by atoms with E-state index in [4.69, 9.17) is 23.8 Å². The molecule has 0 bridgehead atoms. The van der Waals surface area contributed by atoms with E-state index in [2.05, 4.69) is 0 Å². The average molecular weight is 368 g/mol. The molecule has 2 fully saturated rings. The van der Waals surface area contributed by atoms with Gasteiger partial charge in [0, 0.05) is 6.42 Å². The number of hydrogen-bond donors (Lipinski definition) is 4. The second kappa shape index (κ2) is 5.85. The van der Waals surface area contributed by atoms with Gasteiger partial charge in [-0.3, -0.25) is 18.9 Å². The van der Waals surface area contributed by atoms with Crippen LogP contribution < -0.4 is 11.2 Å². The number of ether oxygens (including phenoxy) is 2. The van der Waals surface area contributed by atoms with E-state index in [9.17, 15) is 23.7 Å². The van der Waals surface area contributed by atoms with E-state index in [1.165, 1.54) is 0 Å². The molecule has 0 spiro atoms. The summed E-state index contributed by atoms with van der Waals surface area (Å²) in [5.74, 6) is -1.22. The van der Waals surface area contributed by atoms with Crippen molar-refractivity contribution in [3.8, 4) is 0 Å². The summed E-state index contributed by atoms with van der Waals surface area (Å²) in [5.41, 5.74) is -3.73. The van der Waals surface area contributed by atoms with Crippen molar-refractivity contribution < 1.29 is 37.8 Å². The molecule has 0 saturated carbocycles. The third kappa shape index (κ3) is 3.09.